The maximum atomic E-state index is 6.13. The molecule has 0 fully saturated rings. The van der Waals surface area contributed by atoms with Crippen LogP contribution in [-0.2, 0) is 0 Å². The lowest BCUT2D eigenvalue weighted by Crippen LogP contribution is -1.93. The number of thiophene rings is 1. The number of imidazole rings is 1. The number of nitrogens with two attached hydrogens (primary N) is 1. The van der Waals surface area contributed by atoms with Crippen molar-refractivity contribution in [2.75, 3.05) is 5.73 Å². The second-order valence-electron chi connectivity index (χ2n) is 3.52. The smallest absolute Gasteiger partial charge is 0.139 e. The second kappa shape index (κ2) is 4.12. The Labute approximate surface area is 119 Å². The fourth-order valence-electron chi connectivity index (χ4n) is 1.67. The van der Waals surface area contributed by atoms with Gasteiger partial charge in [0.05, 0.1) is 4.88 Å². The highest BCUT2D eigenvalue weighted by molar-refractivity contribution is 9.10. The number of nitrogen functional groups attached to an aromatic ring is 1. The molecule has 0 saturated carbocycles. The normalized spacial score (nSPS) is 11.2. The van der Waals surface area contributed by atoms with Crippen LogP contribution in [0, 0.1) is 0 Å². The molecule has 3 rings (SSSR count). The zero-order valence-electron chi connectivity index (χ0n) is 8.52. The Bertz CT molecular complexity index is 702. The summed E-state index contributed by atoms with van der Waals surface area (Å²) in [5, 5.41) is 2.01. The van der Waals surface area contributed by atoms with Crippen molar-refractivity contribution in [1.82, 2.24) is 9.38 Å². The molecule has 3 heterocycles. The van der Waals surface area contributed by atoms with Crippen LogP contribution in [0.3, 0.4) is 0 Å². The van der Waals surface area contributed by atoms with E-state index in [-0.39, 0.29) is 0 Å². The van der Waals surface area contributed by atoms with Crippen LogP contribution >= 0.6 is 43.2 Å². The number of anilines is 1. The van der Waals surface area contributed by atoms with Gasteiger partial charge in [-0.25, -0.2) is 4.98 Å². The molecule has 0 aliphatic rings. The summed E-state index contributed by atoms with van der Waals surface area (Å²) in [5.74, 6) is 0.657. The van der Waals surface area contributed by atoms with Gasteiger partial charge in [0.25, 0.3) is 0 Å². The predicted molar refractivity (Wildman–Crippen MR) is 78.3 cm³/mol. The quantitative estimate of drug-likeness (QED) is 0.696. The van der Waals surface area contributed by atoms with Crippen LogP contribution in [-0.4, -0.2) is 9.38 Å². The molecule has 0 saturated heterocycles. The molecular weight excluding hydrogens is 366 g/mol. The van der Waals surface area contributed by atoms with Crippen molar-refractivity contribution in [3.05, 3.63) is 38.7 Å². The molecule has 6 heteroatoms. The third-order valence-corrected chi connectivity index (χ3v) is 4.77. The van der Waals surface area contributed by atoms with E-state index < -0.39 is 0 Å². The summed E-state index contributed by atoms with van der Waals surface area (Å²) in [6.07, 6.45) is 1.92. The van der Waals surface area contributed by atoms with Crippen molar-refractivity contribution in [1.29, 1.82) is 0 Å². The third kappa shape index (κ3) is 1.80. The molecular formula is C11H7Br2N3S. The van der Waals surface area contributed by atoms with Gasteiger partial charge in [-0.2, -0.15) is 0 Å². The number of aromatic nitrogens is 2. The molecule has 0 spiro atoms. The SMILES string of the molecule is Nc1c(-c2sccc2Br)nc2ccc(Br)cn12. The Morgan fingerprint density at radius 2 is 2.06 bits per heavy atom. The average molecular weight is 373 g/mol. The summed E-state index contributed by atoms with van der Waals surface area (Å²) < 4.78 is 3.88. The van der Waals surface area contributed by atoms with Gasteiger partial charge in [-0.15, -0.1) is 11.3 Å². The molecule has 17 heavy (non-hydrogen) atoms. The molecule has 3 nitrogen and oxygen atoms in total. The summed E-state index contributed by atoms with van der Waals surface area (Å²) in [7, 11) is 0. The maximum Gasteiger partial charge on any atom is 0.139 e. The molecule has 0 atom stereocenters. The minimum Gasteiger partial charge on any atom is -0.383 e. The Morgan fingerprint density at radius 1 is 1.24 bits per heavy atom. The third-order valence-electron chi connectivity index (χ3n) is 2.45. The summed E-state index contributed by atoms with van der Waals surface area (Å²) in [6, 6.07) is 5.89. The van der Waals surface area contributed by atoms with Crippen LogP contribution in [0.2, 0.25) is 0 Å². The topological polar surface area (TPSA) is 43.3 Å². The highest BCUT2D eigenvalue weighted by Crippen LogP contribution is 2.36. The van der Waals surface area contributed by atoms with Gasteiger partial charge in [0.2, 0.25) is 0 Å². The maximum absolute atomic E-state index is 6.13. The Kier molecular flexibility index (Phi) is 2.72. The molecule has 0 aliphatic heterocycles. The van der Waals surface area contributed by atoms with E-state index >= 15 is 0 Å². The van der Waals surface area contributed by atoms with Gasteiger partial charge in [0, 0.05) is 15.1 Å². The highest BCUT2D eigenvalue weighted by atomic mass is 79.9. The summed E-state index contributed by atoms with van der Waals surface area (Å²) in [6.45, 7) is 0. The lowest BCUT2D eigenvalue weighted by atomic mass is 10.3. The standard InChI is InChI=1S/C11H7Br2N3S/c12-6-1-2-8-15-9(11(14)16(8)5-6)10-7(13)3-4-17-10/h1-5H,14H2. The number of hydrogen-bond donors (Lipinski definition) is 1. The van der Waals surface area contributed by atoms with Crippen LogP contribution in [0.4, 0.5) is 5.82 Å². The van der Waals surface area contributed by atoms with Crippen molar-refractivity contribution < 1.29 is 0 Å². The number of pyridine rings is 1. The van der Waals surface area contributed by atoms with Crippen LogP contribution in [0.15, 0.2) is 38.7 Å². The number of hydrogen-bond acceptors (Lipinski definition) is 3. The van der Waals surface area contributed by atoms with E-state index in [2.05, 4.69) is 36.8 Å². The number of halogens is 2. The minimum absolute atomic E-state index is 0.657. The lowest BCUT2D eigenvalue weighted by molar-refractivity contribution is 1.18. The van der Waals surface area contributed by atoms with Gasteiger partial charge in [0.15, 0.2) is 0 Å². The van der Waals surface area contributed by atoms with Crippen molar-refractivity contribution in [3.63, 3.8) is 0 Å². The van der Waals surface area contributed by atoms with Crippen LogP contribution in [0.5, 0.6) is 0 Å². The van der Waals surface area contributed by atoms with Crippen molar-refractivity contribution in [2.45, 2.75) is 0 Å². The molecule has 0 aliphatic carbocycles. The Balaban J connectivity index is 2.32. The highest BCUT2D eigenvalue weighted by Gasteiger charge is 2.14. The van der Waals surface area contributed by atoms with Gasteiger partial charge in [-0.05, 0) is 55.4 Å². The van der Waals surface area contributed by atoms with E-state index in [4.69, 9.17) is 5.73 Å². The summed E-state index contributed by atoms with van der Waals surface area (Å²) in [4.78, 5) is 5.61. The first-order valence-electron chi connectivity index (χ1n) is 4.83. The van der Waals surface area contributed by atoms with E-state index in [1.165, 1.54) is 0 Å². The van der Waals surface area contributed by atoms with E-state index in [1.807, 2.05) is 34.2 Å². The van der Waals surface area contributed by atoms with E-state index in [0.717, 1.165) is 25.2 Å². The van der Waals surface area contributed by atoms with Gasteiger partial charge in [-0.3, -0.25) is 4.40 Å². The van der Waals surface area contributed by atoms with Gasteiger partial charge >= 0.3 is 0 Å². The first-order chi connectivity index (χ1) is 8.16. The zero-order valence-corrected chi connectivity index (χ0v) is 12.5. The van der Waals surface area contributed by atoms with Gasteiger partial charge < -0.3 is 5.73 Å². The van der Waals surface area contributed by atoms with Crippen molar-refractivity contribution >= 4 is 54.7 Å². The molecule has 2 N–H and O–H groups in total. The van der Waals surface area contributed by atoms with Crippen LogP contribution in [0.1, 0.15) is 0 Å². The van der Waals surface area contributed by atoms with E-state index in [1.54, 1.807) is 11.3 Å². The fourth-order valence-corrected chi connectivity index (χ4v) is 3.56. The first kappa shape index (κ1) is 11.3. The van der Waals surface area contributed by atoms with Crippen molar-refractivity contribution in [3.8, 4) is 10.6 Å². The molecule has 0 amide bonds. The molecule has 0 unspecified atom stereocenters. The number of rotatable bonds is 1. The fraction of sp³-hybridized carbons (Fsp3) is 0. The van der Waals surface area contributed by atoms with Crippen molar-refractivity contribution in [2.24, 2.45) is 0 Å². The lowest BCUT2D eigenvalue weighted by Gasteiger charge is -1.98. The predicted octanol–water partition coefficient (Wildman–Crippen LogP) is 4.17. The molecule has 86 valence electrons. The largest absolute Gasteiger partial charge is 0.383 e. The Hall–Kier alpha value is -0.850. The van der Waals surface area contributed by atoms with Crippen LogP contribution in [0.25, 0.3) is 16.2 Å². The van der Waals surface area contributed by atoms with E-state index in [0.29, 0.717) is 5.82 Å². The van der Waals surface area contributed by atoms with Gasteiger partial charge in [0.1, 0.15) is 17.2 Å². The number of nitrogens with zero attached hydrogens (tertiary/aromatic N) is 2. The summed E-state index contributed by atoms with van der Waals surface area (Å²) >= 11 is 8.56. The average Bonchev–Trinajstić information content (AvgIpc) is 2.84. The monoisotopic (exact) mass is 371 g/mol. The van der Waals surface area contributed by atoms with Gasteiger partial charge in [-0.1, -0.05) is 0 Å². The summed E-state index contributed by atoms with van der Waals surface area (Å²) in [5.41, 5.74) is 7.81. The first-order valence-corrected chi connectivity index (χ1v) is 7.30. The van der Waals surface area contributed by atoms with Crippen LogP contribution < -0.4 is 5.73 Å². The zero-order chi connectivity index (χ0) is 12.0. The molecule has 3 aromatic heterocycles. The molecule has 0 bridgehead atoms. The van der Waals surface area contributed by atoms with E-state index in [9.17, 15) is 0 Å². The minimum atomic E-state index is 0.657. The molecule has 3 aromatic rings. The Morgan fingerprint density at radius 3 is 2.76 bits per heavy atom. The number of fused-ring (bicyclic) bond motifs is 1. The molecule has 0 radical (unpaired) electrons. The molecule has 0 aromatic carbocycles. The second-order valence-corrected chi connectivity index (χ2v) is 6.20.